The Bertz CT molecular complexity index is 1140. The minimum absolute atomic E-state index is 0.0758. The van der Waals surface area contributed by atoms with Crippen LogP contribution in [0.15, 0.2) is 48.6 Å². The van der Waals surface area contributed by atoms with Crippen LogP contribution in [-0.2, 0) is 28.6 Å². The molecule has 0 saturated carbocycles. The Morgan fingerprint density at radius 2 is 0.615 bits per heavy atom. The van der Waals surface area contributed by atoms with Crippen molar-refractivity contribution < 1.29 is 28.6 Å². The van der Waals surface area contributed by atoms with Crippen LogP contribution in [0.25, 0.3) is 0 Å². The number of carbonyl (C=O) groups is 3. The van der Waals surface area contributed by atoms with Crippen LogP contribution in [0.2, 0.25) is 0 Å². The molecule has 6 nitrogen and oxygen atoms in total. The zero-order chi connectivity index (χ0) is 47.2. The second kappa shape index (κ2) is 54.0. The predicted molar refractivity (Wildman–Crippen MR) is 279 cm³/mol. The van der Waals surface area contributed by atoms with Crippen molar-refractivity contribution in [2.45, 2.75) is 297 Å². The Kier molecular flexibility index (Phi) is 51.8. The van der Waals surface area contributed by atoms with E-state index in [0.717, 1.165) is 83.5 Å². The Hall–Kier alpha value is -2.63. The van der Waals surface area contributed by atoms with Crippen LogP contribution in [0, 0.1) is 0 Å². The Labute approximate surface area is 403 Å². The molecule has 65 heavy (non-hydrogen) atoms. The molecule has 0 fully saturated rings. The summed E-state index contributed by atoms with van der Waals surface area (Å²) in [5, 5.41) is 0. The second-order valence-corrected chi connectivity index (χ2v) is 18.8. The average Bonchev–Trinajstić information content (AvgIpc) is 3.30. The number of hydrogen-bond donors (Lipinski definition) is 0. The van der Waals surface area contributed by atoms with Gasteiger partial charge in [0, 0.05) is 19.3 Å². The zero-order valence-electron chi connectivity index (χ0n) is 43.3. The molecule has 378 valence electrons. The zero-order valence-corrected chi connectivity index (χ0v) is 43.3. The predicted octanol–water partition coefficient (Wildman–Crippen LogP) is 18.7. The van der Waals surface area contributed by atoms with E-state index < -0.39 is 6.10 Å². The molecule has 1 unspecified atom stereocenters. The van der Waals surface area contributed by atoms with Crippen molar-refractivity contribution in [3.05, 3.63) is 48.6 Å². The van der Waals surface area contributed by atoms with Crippen LogP contribution in [-0.4, -0.2) is 37.2 Å². The molecular weight excluding hydrogens is 805 g/mol. The highest BCUT2D eigenvalue weighted by Crippen LogP contribution is 2.16. The van der Waals surface area contributed by atoms with Crippen LogP contribution in [0.4, 0.5) is 0 Å². The number of rotatable bonds is 51. The molecule has 0 amide bonds. The fourth-order valence-corrected chi connectivity index (χ4v) is 8.09. The summed E-state index contributed by atoms with van der Waals surface area (Å²) < 4.78 is 16.8. The monoisotopic (exact) mass is 911 g/mol. The Morgan fingerprint density at radius 1 is 0.323 bits per heavy atom. The molecule has 0 aromatic heterocycles. The molecule has 0 aromatic carbocycles. The SMILES string of the molecule is CC/C=C\C/C=C\C/C=C\CCCCCCCCCCCC(=O)OCC(COC(=O)CCCCCCC/C=C\CCCC)OC(=O)CCCCCCCCCCCCCCCCCCC. The Balaban J connectivity index is 4.31. The number of unbranched alkanes of at least 4 members (excludes halogenated alkanes) is 32. The number of allylic oxidation sites excluding steroid dienone is 8. The first-order chi connectivity index (χ1) is 32.0. The Morgan fingerprint density at radius 3 is 1.00 bits per heavy atom. The lowest BCUT2D eigenvalue weighted by Crippen LogP contribution is -2.30. The summed E-state index contributed by atoms with van der Waals surface area (Å²) in [4.78, 5) is 38.1. The maximum absolute atomic E-state index is 12.8. The number of esters is 3. The van der Waals surface area contributed by atoms with Crippen molar-refractivity contribution in [3.63, 3.8) is 0 Å². The molecule has 0 heterocycles. The molecule has 1 atom stereocenters. The first-order valence-electron chi connectivity index (χ1n) is 28.1. The van der Waals surface area contributed by atoms with E-state index in [4.69, 9.17) is 14.2 Å². The van der Waals surface area contributed by atoms with E-state index >= 15 is 0 Å². The van der Waals surface area contributed by atoms with E-state index in [0.29, 0.717) is 19.3 Å². The van der Waals surface area contributed by atoms with Gasteiger partial charge in [-0.15, -0.1) is 0 Å². The summed E-state index contributed by atoms with van der Waals surface area (Å²) in [6.45, 7) is 6.51. The van der Waals surface area contributed by atoms with Crippen molar-refractivity contribution in [3.8, 4) is 0 Å². The standard InChI is InChI=1S/C59H106O6/c1-4-7-10-13-16-19-22-24-26-28-29-31-32-34-37-40-43-46-49-52-58(61)64-55-56(54-63-57(60)51-48-45-42-39-36-21-18-15-12-9-6-3)65-59(62)53-50-47-44-41-38-35-33-30-27-25-23-20-17-14-11-8-5-2/h7,10,15-16,18-19,24,26,56H,4-6,8-9,11-14,17,20-23,25,27-55H2,1-3H3/b10-7-,18-15-,19-16-,26-24-. The topological polar surface area (TPSA) is 78.9 Å². The lowest BCUT2D eigenvalue weighted by molar-refractivity contribution is -0.167. The largest absolute Gasteiger partial charge is 0.462 e. The minimum Gasteiger partial charge on any atom is -0.462 e. The van der Waals surface area contributed by atoms with Gasteiger partial charge in [0.15, 0.2) is 6.10 Å². The summed E-state index contributed by atoms with van der Waals surface area (Å²) in [7, 11) is 0. The van der Waals surface area contributed by atoms with E-state index in [1.807, 2.05) is 0 Å². The van der Waals surface area contributed by atoms with E-state index in [-0.39, 0.29) is 31.1 Å². The fourth-order valence-electron chi connectivity index (χ4n) is 8.09. The third-order valence-electron chi connectivity index (χ3n) is 12.3. The summed E-state index contributed by atoms with van der Waals surface area (Å²) in [6, 6.07) is 0. The maximum atomic E-state index is 12.8. The lowest BCUT2D eigenvalue weighted by Gasteiger charge is -2.18. The first-order valence-corrected chi connectivity index (χ1v) is 28.1. The quantitative estimate of drug-likeness (QED) is 0.0262. The molecule has 0 bridgehead atoms. The second-order valence-electron chi connectivity index (χ2n) is 18.8. The van der Waals surface area contributed by atoms with Crippen LogP contribution in [0.1, 0.15) is 290 Å². The van der Waals surface area contributed by atoms with E-state index in [9.17, 15) is 14.4 Å². The van der Waals surface area contributed by atoms with Crippen LogP contribution >= 0.6 is 0 Å². The summed E-state index contributed by atoms with van der Waals surface area (Å²) >= 11 is 0. The molecule has 0 saturated heterocycles. The summed E-state index contributed by atoms with van der Waals surface area (Å²) in [5.74, 6) is -0.877. The van der Waals surface area contributed by atoms with Gasteiger partial charge in [-0.3, -0.25) is 14.4 Å². The van der Waals surface area contributed by atoms with Gasteiger partial charge in [0.05, 0.1) is 0 Å². The van der Waals surface area contributed by atoms with Crippen LogP contribution < -0.4 is 0 Å². The van der Waals surface area contributed by atoms with Crippen molar-refractivity contribution in [2.75, 3.05) is 13.2 Å². The molecule has 0 aliphatic carbocycles. The molecule has 0 aliphatic rings. The number of ether oxygens (including phenoxy) is 3. The number of carbonyl (C=O) groups excluding carboxylic acids is 3. The van der Waals surface area contributed by atoms with Gasteiger partial charge in [-0.1, -0.05) is 249 Å². The minimum atomic E-state index is -0.775. The first kappa shape index (κ1) is 62.4. The molecule has 0 radical (unpaired) electrons. The lowest BCUT2D eigenvalue weighted by atomic mass is 10.0. The molecule has 0 rings (SSSR count). The smallest absolute Gasteiger partial charge is 0.306 e. The molecule has 6 heteroatoms. The van der Waals surface area contributed by atoms with E-state index in [1.165, 1.54) is 167 Å². The van der Waals surface area contributed by atoms with Gasteiger partial charge in [-0.2, -0.15) is 0 Å². The number of hydrogen-bond acceptors (Lipinski definition) is 6. The highest BCUT2D eigenvalue weighted by molar-refractivity contribution is 5.71. The molecule has 0 aromatic rings. The van der Waals surface area contributed by atoms with Crippen LogP contribution in [0.5, 0.6) is 0 Å². The normalized spacial score (nSPS) is 12.4. The van der Waals surface area contributed by atoms with Gasteiger partial charge >= 0.3 is 17.9 Å². The van der Waals surface area contributed by atoms with Crippen molar-refractivity contribution in [2.24, 2.45) is 0 Å². The van der Waals surface area contributed by atoms with E-state index in [1.54, 1.807) is 0 Å². The van der Waals surface area contributed by atoms with Gasteiger partial charge in [0.1, 0.15) is 13.2 Å². The third kappa shape index (κ3) is 52.2. The highest BCUT2D eigenvalue weighted by atomic mass is 16.6. The van der Waals surface area contributed by atoms with Crippen molar-refractivity contribution in [1.29, 1.82) is 0 Å². The van der Waals surface area contributed by atoms with E-state index in [2.05, 4.69) is 69.4 Å². The molecule has 0 spiro atoms. The van der Waals surface area contributed by atoms with Gasteiger partial charge in [0.2, 0.25) is 0 Å². The highest BCUT2D eigenvalue weighted by Gasteiger charge is 2.19. The maximum Gasteiger partial charge on any atom is 0.306 e. The fraction of sp³-hybridized carbons (Fsp3) is 0.814. The summed E-state index contributed by atoms with van der Waals surface area (Å²) in [5.41, 5.74) is 0. The van der Waals surface area contributed by atoms with Crippen LogP contribution in [0.3, 0.4) is 0 Å². The third-order valence-corrected chi connectivity index (χ3v) is 12.3. The molecular formula is C59H106O6. The van der Waals surface area contributed by atoms with Gasteiger partial charge in [-0.05, 0) is 70.6 Å². The van der Waals surface area contributed by atoms with Gasteiger partial charge in [-0.25, -0.2) is 0 Å². The van der Waals surface area contributed by atoms with Crippen molar-refractivity contribution in [1.82, 2.24) is 0 Å². The molecule has 0 N–H and O–H groups in total. The van der Waals surface area contributed by atoms with Gasteiger partial charge < -0.3 is 14.2 Å². The molecule has 0 aliphatic heterocycles. The van der Waals surface area contributed by atoms with Gasteiger partial charge in [0.25, 0.3) is 0 Å². The average molecular weight is 911 g/mol. The van der Waals surface area contributed by atoms with Crippen molar-refractivity contribution >= 4 is 17.9 Å². The summed E-state index contributed by atoms with van der Waals surface area (Å²) in [6.07, 6.45) is 65.3.